The molecule has 128 valence electrons. The van der Waals surface area contributed by atoms with Gasteiger partial charge < -0.3 is 19.7 Å². The van der Waals surface area contributed by atoms with E-state index in [0.29, 0.717) is 24.3 Å². The van der Waals surface area contributed by atoms with Gasteiger partial charge in [0.1, 0.15) is 0 Å². The molecule has 0 bridgehead atoms. The maximum absolute atomic E-state index is 12.6. The van der Waals surface area contributed by atoms with Gasteiger partial charge in [-0.3, -0.25) is 9.59 Å². The number of anilines is 1. The molecule has 0 spiro atoms. The van der Waals surface area contributed by atoms with Crippen LogP contribution in [-0.4, -0.2) is 41.5 Å². The molecule has 2 aromatic rings. The molecule has 1 heterocycles. The van der Waals surface area contributed by atoms with Gasteiger partial charge in [0.25, 0.3) is 11.8 Å². The maximum Gasteiger partial charge on any atom is 0.291 e. The molecule has 2 rings (SSSR count). The molecule has 24 heavy (non-hydrogen) atoms. The van der Waals surface area contributed by atoms with Gasteiger partial charge in [0, 0.05) is 24.3 Å². The SMILES string of the molecule is CCCCN(CCO)C(=O)c1cccc(NC(=O)c2ccco2)c1. The summed E-state index contributed by atoms with van der Waals surface area (Å²) < 4.78 is 5.04. The number of benzene rings is 1. The van der Waals surface area contributed by atoms with Crippen LogP contribution in [-0.2, 0) is 0 Å². The average Bonchev–Trinajstić information content (AvgIpc) is 3.13. The lowest BCUT2D eigenvalue weighted by molar-refractivity contribution is 0.0719. The number of amides is 2. The molecule has 1 aromatic heterocycles. The Morgan fingerprint density at radius 2 is 2.04 bits per heavy atom. The Bertz CT molecular complexity index is 667. The number of aliphatic hydroxyl groups is 1. The van der Waals surface area contributed by atoms with E-state index in [1.165, 1.54) is 6.26 Å². The number of hydrogen-bond donors (Lipinski definition) is 2. The van der Waals surface area contributed by atoms with Crippen LogP contribution in [0.4, 0.5) is 5.69 Å². The molecular weight excluding hydrogens is 308 g/mol. The van der Waals surface area contributed by atoms with Crippen LogP contribution >= 0.6 is 0 Å². The summed E-state index contributed by atoms with van der Waals surface area (Å²) in [6.07, 6.45) is 3.27. The first kappa shape index (κ1) is 17.7. The zero-order valence-corrected chi connectivity index (χ0v) is 13.7. The lowest BCUT2D eigenvalue weighted by Gasteiger charge is -2.21. The fourth-order valence-corrected chi connectivity index (χ4v) is 2.30. The summed E-state index contributed by atoms with van der Waals surface area (Å²) in [5.41, 5.74) is 0.985. The molecular formula is C18H22N2O4. The Balaban J connectivity index is 2.10. The van der Waals surface area contributed by atoms with E-state index in [-0.39, 0.29) is 24.2 Å². The zero-order valence-electron chi connectivity index (χ0n) is 13.7. The number of nitrogens with one attached hydrogen (secondary N) is 1. The first-order valence-corrected chi connectivity index (χ1v) is 8.00. The van der Waals surface area contributed by atoms with Crippen molar-refractivity contribution >= 4 is 17.5 Å². The van der Waals surface area contributed by atoms with Crippen LogP contribution in [0.3, 0.4) is 0 Å². The van der Waals surface area contributed by atoms with Gasteiger partial charge in [-0.25, -0.2) is 0 Å². The van der Waals surface area contributed by atoms with Crippen molar-refractivity contribution in [2.75, 3.05) is 25.0 Å². The third kappa shape index (κ3) is 4.70. The second-order valence-corrected chi connectivity index (χ2v) is 5.38. The maximum atomic E-state index is 12.6. The van der Waals surface area contributed by atoms with E-state index < -0.39 is 0 Å². The molecule has 0 unspecified atom stereocenters. The summed E-state index contributed by atoms with van der Waals surface area (Å²) in [6, 6.07) is 9.94. The summed E-state index contributed by atoms with van der Waals surface area (Å²) in [6.45, 7) is 2.86. The number of furan rings is 1. The smallest absolute Gasteiger partial charge is 0.291 e. The van der Waals surface area contributed by atoms with Gasteiger partial charge in [0.2, 0.25) is 0 Å². The molecule has 2 amide bonds. The van der Waals surface area contributed by atoms with Crippen molar-refractivity contribution in [2.24, 2.45) is 0 Å². The first-order valence-electron chi connectivity index (χ1n) is 8.00. The largest absolute Gasteiger partial charge is 0.459 e. The van der Waals surface area contributed by atoms with Crippen LogP contribution in [0.15, 0.2) is 47.1 Å². The predicted molar refractivity (Wildman–Crippen MR) is 91.0 cm³/mol. The minimum absolute atomic E-state index is 0.0790. The highest BCUT2D eigenvalue weighted by Gasteiger charge is 2.16. The summed E-state index contributed by atoms with van der Waals surface area (Å²) in [4.78, 5) is 26.2. The number of carbonyl (C=O) groups is 2. The molecule has 0 saturated heterocycles. The van der Waals surface area contributed by atoms with Crippen molar-refractivity contribution in [3.63, 3.8) is 0 Å². The highest BCUT2D eigenvalue weighted by atomic mass is 16.3. The molecule has 6 heteroatoms. The third-order valence-electron chi connectivity index (χ3n) is 3.55. The Morgan fingerprint density at radius 1 is 1.21 bits per heavy atom. The Hall–Kier alpha value is -2.60. The topological polar surface area (TPSA) is 82.8 Å². The van der Waals surface area contributed by atoms with Gasteiger partial charge in [0.05, 0.1) is 12.9 Å². The fraction of sp³-hybridized carbons (Fsp3) is 0.333. The number of rotatable bonds is 8. The highest BCUT2D eigenvalue weighted by Crippen LogP contribution is 2.15. The molecule has 1 aromatic carbocycles. The molecule has 0 aliphatic carbocycles. The minimum Gasteiger partial charge on any atom is -0.459 e. The van der Waals surface area contributed by atoms with Crippen LogP contribution in [0.25, 0.3) is 0 Å². The van der Waals surface area contributed by atoms with Crippen molar-refractivity contribution in [3.05, 3.63) is 54.0 Å². The van der Waals surface area contributed by atoms with Crippen LogP contribution in [0.5, 0.6) is 0 Å². The normalized spacial score (nSPS) is 10.4. The molecule has 0 aliphatic rings. The van der Waals surface area contributed by atoms with Gasteiger partial charge in [0.15, 0.2) is 5.76 Å². The van der Waals surface area contributed by atoms with Gasteiger partial charge in [-0.2, -0.15) is 0 Å². The number of hydrogen-bond acceptors (Lipinski definition) is 4. The van der Waals surface area contributed by atoms with Crippen molar-refractivity contribution in [3.8, 4) is 0 Å². The lowest BCUT2D eigenvalue weighted by atomic mass is 10.1. The van der Waals surface area contributed by atoms with Crippen molar-refractivity contribution in [1.82, 2.24) is 4.90 Å². The van der Waals surface area contributed by atoms with E-state index >= 15 is 0 Å². The molecule has 2 N–H and O–H groups in total. The van der Waals surface area contributed by atoms with E-state index in [4.69, 9.17) is 9.52 Å². The van der Waals surface area contributed by atoms with E-state index in [0.717, 1.165) is 12.8 Å². The highest BCUT2D eigenvalue weighted by molar-refractivity contribution is 6.03. The summed E-state index contributed by atoms with van der Waals surface area (Å²) in [7, 11) is 0. The zero-order chi connectivity index (χ0) is 17.4. The average molecular weight is 330 g/mol. The minimum atomic E-state index is -0.372. The standard InChI is InChI=1S/C18H22N2O4/c1-2-3-9-20(10-11-21)18(23)14-6-4-7-15(13-14)19-17(22)16-8-5-12-24-16/h4-8,12-13,21H,2-3,9-11H2,1H3,(H,19,22). The molecule has 0 atom stereocenters. The lowest BCUT2D eigenvalue weighted by Crippen LogP contribution is -2.34. The second kappa shape index (κ2) is 8.88. The van der Waals surface area contributed by atoms with Gasteiger partial charge >= 0.3 is 0 Å². The Morgan fingerprint density at radius 3 is 2.71 bits per heavy atom. The number of nitrogens with zero attached hydrogens (tertiary/aromatic N) is 1. The second-order valence-electron chi connectivity index (χ2n) is 5.38. The fourth-order valence-electron chi connectivity index (χ4n) is 2.30. The molecule has 0 radical (unpaired) electrons. The molecule has 0 aliphatic heterocycles. The quantitative estimate of drug-likeness (QED) is 0.779. The van der Waals surface area contributed by atoms with Crippen molar-refractivity contribution in [2.45, 2.75) is 19.8 Å². The van der Waals surface area contributed by atoms with E-state index in [2.05, 4.69) is 5.32 Å². The molecule has 6 nitrogen and oxygen atoms in total. The molecule has 0 saturated carbocycles. The van der Waals surface area contributed by atoms with E-state index in [9.17, 15) is 9.59 Å². The van der Waals surface area contributed by atoms with Gasteiger partial charge in [-0.15, -0.1) is 0 Å². The van der Waals surface area contributed by atoms with Crippen LogP contribution in [0.2, 0.25) is 0 Å². The number of carbonyl (C=O) groups excluding carboxylic acids is 2. The first-order chi connectivity index (χ1) is 11.7. The van der Waals surface area contributed by atoms with Crippen molar-refractivity contribution < 1.29 is 19.1 Å². The van der Waals surface area contributed by atoms with E-state index in [1.807, 2.05) is 6.92 Å². The van der Waals surface area contributed by atoms with Crippen LogP contribution < -0.4 is 5.32 Å². The monoisotopic (exact) mass is 330 g/mol. The summed E-state index contributed by atoms with van der Waals surface area (Å²) in [5, 5.41) is 11.9. The number of unbranched alkanes of at least 4 members (excludes halogenated alkanes) is 1. The Labute approximate surface area is 141 Å². The molecule has 0 fully saturated rings. The van der Waals surface area contributed by atoms with E-state index in [1.54, 1.807) is 41.3 Å². The predicted octanol–water partition coefficient (Wildman–Crippen LogP) is 2.77. The van der Waals surface area contributed by atoms with Gasteiger partial charge in [-0.1, -0.05) is 19.4 Å². The summed E-state index contributed by atoms with van der Waals surface area (Å²) >= 11 is 0. The number of aliphatic hydroxyl groups excluding tert-OH is 1. The van der Waals surface area contributed by atoms with Crippen LogP contribution in [0, 0.1) is 0 Å². The van der Waals surface area contributed by atoms with Crippen molar-refractivity contribution in [1.29, 1.82) is 0 Å². The van der Waals surface area contributed by atoms with Crippen LogP contribution in [0.1, 0.15) is 40.7 Å². The van der Waals surface area contributed by atoms with Gasteiger partial charge in [-0.05, 0) is 36.8 Å². The summed E-state index contributed by atoms with van der Waals surface area (Å²) in [5.74, 6) is -0.328. The third-order valence-corrected chi connectivity index (χ3v) is 3.55. The Kier molecular flexibility index (Phi) is 6.57.